The van der Waals surface area contributed by atoms with Crippen LogP contribution in [0.4, 0.5) is 5.82 Å². The molecule has 1 aliphatic rings. The molecule has 0 radical (unpaired) electrons. The van der Waals surface area contributed by atoms with E-state index in [1.807, 2.05) is 56.3 Å². The van der Waals surface area contributed by atoms with E-state index in [0.717, 1.165) is 11.1 Å². The van der Waals surface area contributed by atoms with Gasteiger partial charge in [-0.25, -0.2) is 4.98 Å². The van der Waals surface area contributed by atoms with Gasteiger partial charge in [0.25, 0.3) is 0 Å². The van der Waals surface area contributed by atoms with E-state index < -0.39 is 5.91 Å². The molecule has 0 fully saturated rings. The number of fused-ring (bicyclic) bond motifs is 1. The number of pyridine rings is 1. The molecule has 31 heavy (non-hydrogen) atoms. The number of primary amides is 1. The van der Waals surface area contributed by atoms with Crippen LogP contribution in [0.25, 0.3) is 0 Å². The normalized spacial score (nSPS) is 16.1. The minimum atomic E-state index is -0.414. The van der Waals surface area contributed by atoms with Crippen LogP contribution in [-0.2, 0) is 27.2 Å². The zero-order valence-corrected chi connectivity index (χ0v) is 18.1. The summed E-state index contributed by atoms with van der Waals surface area (Å²) in [6, 6.07) is 13.1. The molecule has 0 aliphatic carbocycles. The first-order valence-electron chi connectivity index (χ1n) is 10.7. The molecule has 0 spiro atoms. The van der Waals surface area contributed by atoms with Gasteiger partial charge in [0.05, 0.1) is 12.5 Å². The fraction of sp³-hybridized carbons (Fsp3) is 0.417. The Morgan fingerprint density at radius 3 is 2.58 bits per heavy atom. The first-order chi connectivity index (χ1) is 14.9. The summed E-state index contributed by atoms with van der Waals surface area (Å²) < 4.78 is 0. The Morgan fingerprint density at radius 1 is 1.16 bits per heavy atom. The smallest absolute Gasteiger partial charge is 0.231 e. The molecule has 0 saturated heterocycles. The number of benzene rings is 1. The summed E-state index contributed by atoms with van der Waals surface area (Å²) in [4.78, 5) is 43.4. The van der Waals surface area contributed by atoms with E-state index in [-0.39, 0.29) is 36.1 Å². The molecule has 2 aromatic rings. The number of nitrogens with one attached hydrogen (secondary N) is 1. The van der Waals surface area contributed by atoms with E-state index in [4.69, 9.17) is 5.73 Å². The topological polar surface area (TPSA) is 105 Å². The molecule has 0 saturated carbocycles. The van der Waals surface area contributed by atoms with Crippen molar-refractivity contribution in [2.45, 2.75) is 45.6 Å². The van der Waals surface area contributed by atoms with Crippen LogP contribution < -0.4 is 16.0 Å². The summed E-state index contributed by atoms with van der Waals surface area (Å²) in [6.07, 6.45) is 3.15. The van der Waals surface area contributed by atoms with Crippen LogP contribution >= 0.6 is 0 Å². The van der Waals surface area contributed by atoms with Crippen molar-refractivity contribution in [2.75, 3.05) is 11.4 Å². The third-order valence-corrected chi connectivity index (χ3v) is 5.72. The third-order valence-electron chi connectivity index (χ3n) is 5.72. The number of anilines is 1. The Kier molecular flexibility index (Phi) is 7.39. The van der Waals surface area contributed by atoms with Crippen LogP contribution in [0.2, 0.25) is 0 Å². The van der Waals surface area contributed by atoms with Gasteiger partial charge in [-0.15, -0.1) is 0 Å². The van der Waals surface area contributed by atoms with Gasteiger partial charge < -0.3 is 11.1 Å². The number of nitrogens with zero attached hydrogens (tertiary/aromatic N) is 2. The predicted octanol–water partition coefficient (Wildman–Crippen LogP) is 2.24. The van der Waals surface area contributed by atoms with Gasteiger partial charge in [0, 0.05) is 25.1 Å². The first-order valence-corrected chi connectivity index (χ1v) is 10.7. The SMILES string of the molecule is CC(C)[C@H](CCC(N)=O)C(=O)N1c2ncccc2C[C@H]1CNC(=O)Cc1ccccc1. The summed E-state index contributed by atoms with van der Waals surface area (Å²) in [5.41, 5.74) is 7.24. The molecule has 1 aromatic heterocycles. The van der Waals surface area contributed by atoms with Gasteiger partial charge in [0.15, 0.2) is 0 Å². The molecule has 1 aromatic carbocycles. The molecule has 3 N–H and O–H groups in total. The van der Waals surface area contributed by atoms with E-state index in [1.54, 1.807) is 11.1 Å². The standard InChI is InChI=1S/C24H30N4O3/c1-16(2)20(10-11-21(25)29)24(31)28-19(14-18-9-6-12-26-23(18)28)15-27-22(30)13-17-7-4-3-5-8-17/h3-9,12,16,19-20H,10-11,13-15H2,1-2H3,(H2,25,29)(H,27,30)/t19-,20-/m0/s1. The molecule has 3 rings (SSSR count). The second-order valence-electron chi connectivity index (χ2n) is 8.37. The van der Waals surface area contributed by atoms with Crippen molar-refractivity contribution in [3.8, 4) is 0 Å². The lowest BCUT2D eigenvalue weighted by molar-refractivity contribution is -0.125. The lowest BCUT2D eigenvalue weighted by atomic mass is 9.89. The summed E-state index contributed by atoms with van der Waals surface area (Å²) in [5, 5.41) is 2.98. The third kappa shape index (κ3) is 5.69. The van der Waals surface area contributed by atoms with Gasteiger partial charge in [-0.3, -0.25) is 19.3 Å². The summed E-state index contributed by atoms with van der Waals surface area (Å²) in [7, 11) is 0. The van der Waals surface area contributed by atoms with E-state index >= 15 is 0 Å². The molecule has 3 amide bonds. The maximum absolute atomic E-state index is 13.5. The highest BCUT2D eigenvalue weighted by Gasteiger charge is 2.38. The fourth-order valence-electron chi connectivity index (χ4n) is 4.07. The van der Waals surface area contributed by atoms with Gasteiger partial charge in [-0.2, -0.15) is 0 Å². The highest BCUT2D eigenvalue weighted by atomic mass is 16.2. The van der Waals surface area contributed by atoms with Crippen molar-refractivity contribution in [3.05, 3.63) is 59.8 Å². The number of amides is 3. The van der Waals surface area contributed by atoms with Crippen LogP contribution in [0.5, 0.6) is 0 Å². The molecule has 7 heteroatoms. The van der Waals surface area contributed by atoms with Gasteiger partial charge in [-0.05, 0) is 36.0 Å². The highest BCUT2D eigenvalue weighted by Crippen LogP contribution is 2.33. The molecule has 2 heterocycles. The molecule has 164 valence electrons. The van der Waals surface area contributed by atoms with Crippen molar-refractivity contribution in [2.24, 2.45) is 17.6 Å². The van der Waals surface area contributed by atoms with Crippen LogP contribution in [0, 0.1) is 11.8 Å². The van der Waals surface area contributed by atoms with E-state index in [9.17, 15) is 14.4 Å². The number of aromatic nitrogens is 1. The van der Waals surface area contributed by atoms with E-state index in [2.05, 4.69) is 10.3 Å². The molecule has 0 unspecified atom stereocenters. The largest absolute Gasteiger partial charge is 0.370 e. The van der Waals surface area contributed by atoms with Crippen molar-refractivity contribution < 1.29 is 14.4 Å². The maximum Gasteiger partial charge on any atom is 0.231 e. The summed E-state index contributed by atoms with van der Waals surface area (Å²) in [5.74, 6) is -0.230. The average molecular weight is 423 g/mol. The minimum absolute atomic E-state index is 0.0490. The zero-order chi connectivity index (χ0) is 22.4. The highest BCUT2D eigenvalue weighted by molar-refractivity contribution is 5.97. The van der Waals surface area contributed by atoms with Crippen LogP contribution in [0.1, 0.15) is 37.8 Å². The number of hydrogen-bond acceptors (Lipinski definition) is 4. The monoisotopic (exact) mass is 422 g/mol. The maximum atomic E-state index is 13.5. The Bertz CT molecular complexity index is 929. The second-order valence-corrected chi connectivity index (χ2v) is 8.37. The second kappa shape index (κ2) is 10.2. The van der Waals surface area contributed by atoms with E-state index in [0.29, 0.717) is 31.6 Å². The van der Waals surface area contributed by atoms with Gasteiger partial charge in [0.2, 0.25) is 17.7 Å². The molecular formula is C24H30N4O3. The lowest BCUT2D eigenvalue weighted by Gasteiger charge is -2.30. The summed E-state index contributed by atoms with van der Waals surface area (Å²) >= 11 is 0. The fourth-order valence-corrected chi connectivity index (χ4v) is 4.07. The van der Waals surface area contributed by atoms with Crippen molar-refractivity contribution in [3.63, 3.8) is 0 Å². The van der Waals surface area contributed by atoms with Gasteiger partial charge in [0.1, 0.15) is 5.82 Å². The van der Waals surface area contributed by atoms with Crippen molar-refractivity contribution in [1.29, 1.82) is 0 Å². The van der Waals surface area contributed by atoms with Crippen molar-refractivity contribution >= 4 is 23.5 Å². The first kappa shape index (κ1) is 22.5. The number of carbonyl (C=O) groups excluding carboxylic acids is 3. The van der Waals surface area contributed by atoms with Gasteiger partial charge >= 0.3 is 0 Å². The lowest BCUT2D eigenvalue weighted by Crippen LogP contribution is -2.48. The number of nitrogens with two attached hydrogens (primary N) is 1. The van der Waals surface area contributed by atoms with Crippen LogP contribution in [0.3, 0.4) is 0 Å². The Labute approximate surface area is 183 Å². The molecular weight excluding hydrogens is 392 g/mol. The predicted molar refractivity (Wildman–Crippen MR) is 119 cm³/mol. The van der Waals surface area contributed by atoms with Crippen LogP contribution in [0.15, 0.2) is 48.7 Å². The Hall–Kier alpha value is -3.22. The molecule has 1 aliphatic heterocycles. The number of hydrogen-bond donors (Lipinski definition) is 2. The molecule has 0 bridgehead atoms. The van der Waals surface area contributed by atoms with Crippen LogP contribution in [-0.4, -0.2) is 35.3 Å². The molecule has 7 nitrogen and oxygen atoms in total. The van der Waals surface area contributed by atoms with Crippen molar-refractivity contribution in [1.82, 2.24) is 10.3 Å². The Balaban J connectivity index is 1.73. The average Bonchev–Trinajstić information content (AvgIpc) is 3.11. The zero-order valence-electron chi connectivity index (χ0n) is 18.1. The quantitative estimate of drug-likeness (QED) is 0.646. The summed E-state index contributed by atoms with van der Waals surface area (Å²) in [6.45, 7) is 4.28. The minimum Gasteiger partial charge on any atom is -0.370 e. The van der Waals surface area contributed by atoms with E-state index in [1.165, 1.54) is 0 Å². The Morgan fingerprint density at radius 2 is 1.90 bits per heavy atom. The van der Waals surface area contributed by atoms with Gasteiger partial charge in [-0.1, -0.05) is 50.2 Å². The number of carbonyl (C=O) groups is 3. The number of rotatable bonds is 9. The molecule has 2 atom stereocenters.